The van der Waals surface area contributed by atoms with Gasteiger partial charge in [0.25, 0.3) is 0 Å². The van der Waals surface area contributed by atoms with Gasteiger partial charge >= 0.3 is 5.97 Å². The standard InChI is InChI=1S/C11H14N2O2/c1-2-5-13-10-4-3-8(6-9(10)12)7-11(14)15/h2-4,6,13H,1,5,7,12H2,(H,14,15). The second-order valence-corrected chi connectivity index (χ2v) is 3.16. The van der Waals surface area contributed by atoms with Gasteiger partial charge in [-0.25, -0.2) is 0 Å². The highest BCUT2D eigenvalue weighted by Crippen LogP contribution is 2.19. The normalized spacial score (nSPS) is 9.60. The van der Waals surface area contributed by atoms with Crippen LogP contribution in [0.3, 0.4) is 0 Å². The summed E-state index contributed by atoms with van der Waals surface area (Å²) in [6.07, 6.45) is 1.72. The number of rotatable bonds is 5. The fraction of sp³-hybridized carbons (Fsp3) is 0.182. The summed E-state index contributed by atoms with van der Waals surface area (Å²) in [7, 11) is 0. The third-order valence-corrected chi connectivity index (χ3v) is 1.91. The average molecular weight is 206 g/mol. The Balaban J connectivity index is 2.78. The number of nitrogens with two attached hydrogens (primary N) is 1. The molecule has 0 radical (unpaired) electrons. The van der Waals surface area contributed by atoms with Crippen molar-refractivity contribution < 1.29 is 9.90 Å². The Morgan fingerprint density at radius 3 is 2.87 bits per heavy atom. The maximum atomic E-state index is 10.5. The van der Waals surface area contributed by atoms with E-state index in [9.17, 15) is 4.79 Å². The summed E-state index contributed by atoms with van der Waals surface area (Å²) in [5.41, 5.74) is 7.79. The van der Waals surface area contributed by atoms with Crippen molar-refractivity contribution >= 4 is 17.3 Å². The van der Waals surface area contributed by atoms with Crippen LogP contribution in [-0.2, 0) is 11.2 Å². The number of benzene rings is 1. The molecular formula is C11H14N2O2. The van der Waals surface area contributed by atoms with E-state index < -0.39 is 5.97 Å². The van der Waals surface area contributed by atoms with E-state index in [4.69, 9.17) is 10.8 Å². The van der Waals surface area contributed by atoms with Gasteiger partial charge in [-0.05, 0) is 17.7 Å². The number of carboxylic acids is 1. The SMILES string of the molecule is C=CCNc1ccc(CC(=O)O)cc1N. The Bertz CT molecular complexity index is 375. The molecule has 15 heavy (non-hydrogen) atoms. The van der Waals surface area contributed by atoms with E-state index in [1.54, 1.807) is 24.3 Å². The first-order valence-electron chi connectivity index (χ1n) is 4.58. The summed E-state index contributed by atoms with van der Waals surface area (Å²) in [6, 6.07) is 5.19. The maximum Gasteiger partial charge on any atom is 0.307 e. The largest absolute Gasteiger partial charge is 0.481 e. The second-order valence-electron chi connectivity index (χ2n) is 3.16. The lowest BCUT2D eigenvalue weighted by atomic mass is 10.1. The lowest BCUT2D eigenvalue weighted by Gasteiger charge is -2.08. The number of aliphatic carboxylic acids is 1. The van der Waals surface area contributed by atoms with Crippen molar-refractivity contribution in [1.29, 1.82) is 0 Å². The monoisotopic (exact) mass is 206 g/mol. The van der Waals surface area contributed by atoms with Crippen molar-refractivity contribution in [2.45, 2.75) is 6.42 Å². The third kappa shape index (κ3) is 3.34. The molecule has 0 bridgehead atoms. The topological polar surface area (TPSA) is 75.3 Å². The van der Waals surface area contributed by atoms with Crippen molar-refractivity contribution in [3.05, 3.63) is 36.4 Å². The predicted molar refractivity (Wildman–Crippen MR) is 60.9 cm³/mol. The van der Waals surface area contributed by atoms with Gasteiger partial charge in [0.1, 0.15) is 0 Å². The van der Waals surface area contributed by atoms with E-state index >= 15 is 0 Å². The zero-order chi connectivity index (χ0) is 11.3. The van der Waals surface area contributed by atoms with Crippen molar-refractivity contribution in [1.82, 2.24) is 0 Å². The summed E-state index contributed by atoms with van der Waals surface area (Å²) in [5, 5.41) is 11.7. The predicted octanol–water partition coefficient (Wildman–Crippen LogP) is 1.49. The molecule has 0 spiro atoms. The van der Waals surface area contributed by atoms with Gasteiger partial charge in [0.2, 0.25) is 0 Å². The Morgan fingerprint density at radius 2 is 2.33 bits per heavy atom. The third-order valence-electron chi connectivity index (χ3n) is 1.91. The van der Waals surface area contributed by atoms with Gasteiger partial charge in [0.15, 0.2) is 0 Å². The number of nitrogen functional groups attached to an aromatic ring is 1. The molecule has 80 valence electrons. The van der Waals surface area contributed by atoms with Gasteiger partial charge in [-0.2, -0.15) is 0 Å². The first kappa shape index (κ1) is 11.1. The molecule has 4 heteroatoms. The molecule has 4 nitrogen and oxygen atoms in total. The number of nitrogens with one attached hydrogen (secondary N) is 1. The molecule has 0 amide bonds. The minimum Gasteiger partial charge on any atom is -0.481 e. The number of anilines is 2. The molecule has 0 saturated carbocycles. The Morgan fingerprint density at radius 1 is 1.60 bits per heavy atom. The zero-order valence-electron chi connectivity index (χ0n) is 8.36. The van der Waals surface area contributed by atoms with Crippen LogP contribution < -0.4 is 11.1 Å². The molecule has 0 fully saturated rings. The van der Waals surface area contributed by atoms with Crippen LogP contribution in [0.4, 0.5) is 11.4 Å². The molecule has 0 aliphatic rings. The molecule has 0 aliphatic carbocycles. The lowest BCUT2D eigenvalue weighted by Crippen LogP contribution is -2.04. The van der Waals surface area contributed by atoms with Gasteiger partial charge < -0.3 is 16.2 Å². The van der Waals surface area contributed by atoms with Crippen LogP contribution in [0.5, 0.6) is 0 Å². The maximum absolute atomic E-state index is 10.5. The van der Waals surface area contributed by atoms with Crippen LogP contribution in [0, 0.1) is 0 Å². The molecule has 0 aliphatic heterocycles. The summed E-state index contributed by atoms with van der Waals surface area (Å²) < 4.78 is 0. The highest BCUT2D eigenvalue weighted by molar-refractivity contribution is 5.73. The molecule has 0 saturated heterocycles. The van der Waals surface area contributed by atoms with E-state index in [1.807, 2.05) is 0 Å². The summed E-state index contributed by atoms with van der Waals surface area (Å²) in [5.74, 6) is -0.860. The molecule has 0 aromatic heterocycles. The quantitative estimate of drug-likeness (QED) is 0.504. The fourth-order valence-electron chi connectivity index (χ4n) is 1.24. The van der Waals surface area contributed by atoms with Gasteiger partial charge in [-0.15, -0.1) is 6.58 Å². The van der Waals surface area contributed by atoms with Gasteiger partial charge in [0, 0.05) is 6.54 Å². The number of hydrogen-bond donors (Lipinski definition) is 3. The van der Waals surface area contributed by atoms with Crippen molar-refractivity contribution in [2.75, 3.05) is 17.6 Å². The van der Waals surface area contributed by atoms with E-state index in [-0.39, 0.29) is 6.42 Å². The molecule has 0 unspecified atom stereocenters. The molecular weight excluding hydrogens is 192 g/mol. The molecule has 0 atom stereocenters. The first-order valence-corrected chi connectivity index (χ1v) is 4.58. The number of carbonyl (C=O) groups is 1. The molecule has 0 heterocycles. The summed E-state index contributed by atoms with van der Waals surface area (Å²) >= 11 is 0. The molecule has 4 N–H and O–H groups in total. The average Bonchev–Trinajstić information content (AvgIpc) is 2.15. The van der Waals surface area contributed by atoms with Crippen LogP contribution in [-0.4, -0.2) is 17.6 Å². The van der Waals surface area contributed by atoms with Crippen molar-refractivity contribution in [2.24, 2.45) is 0 Å². The summed E-state index contributed by atoms with van der Waals surface area (Å²) in [6.45, 7) is 4.21. The molecule has 1 rings (SSSR count). The van der Waals surface area contributed by atoms with Crippen molar-refractivity contribution in [3.63, 3.8) is 0 Å². The minimum atomic E-state index is -0.860. The zero-order valence-corrected chi connectivity index (χ0v) is 8.36. The molecule has 1 aromatic carbocycles. The highest BCUT2D eigenvalue weighted by atomic mass is 16.4. The van der Waals surface area contributed by atoms with E-state index in [0.29, 0.717) is 17.8 Å². The van der Waals surface area contributed by atoms with Crippen LogP contribution in [0.2, 0.25) is 0 Å². The van der Waals surface area contributed by atoms with Crippen LogP contribution in [0.1, 0.15) is 5.56 Å². The number of carboxylic acid groups (broad SMARTS) is 1. The van der Waals surface area contributed by atoms with E-state index in [1.165, 1.54) is 0 Å². The first-order chi connectivity index (χ1) is 7.13. The van der Waals surface area contributed by atoms with Crippen molar-refractivity contribution in [3.8, 4) is 0 Å². The fourth-order valence-corrected chi connectivity index (χ4v) is 1.24. The van der Waals surface area contributed by atoms with Crippen LogP contribution >= 0.6 is 0 Å². The van der Waals surface area contributed by atoms with Gasteiger partial charge in [-0.1, -0.05) is 12.1 Å². The summed E-state index contributed by atoms with van der Waals surface area (Å²) in [4.78, 5) is 10.5. The second kappa shape index (κ2) is 5.05. The molecule has 1 aromatic rings. The van der Waals surface area contributed by atoms with Crippen LogP contribution in [0.25, 0.3) is 0 Å². The van der Waals surface area contributed by atoms with Gasteiger partial charge in [-0.3, -0.25) is 4.79 Å². The Hall–Kier alpha value is -1.97. The highest BCUT2D eigenvalue weighted by Gasteiger charge is 2.03. The lowest BCUT2D eigenvalue weighted by molar-refractivity contribution is -0.136. The van der Waals surface area contributed by atoms with Gasteiger partial charge in [0.05, 0.1) is 17.8 Å². The minimum absolute atomic E-state index is 0.00800. The van der Waals surface area contributed by atoms with E-state index in [2.05, 4.69) is 11.9 Å². The van der Waals surface area contributed by atoms with Crippen LogP contribution in [0.15, 0.2) is 30.9 Å². The Labute approximate surface area is 88.4 Å². The number of hydrogen-bond acceptors (Lipinski definition) is 3. The van der Waals surface area contributed by atoms with E-state index in [0.717, 1.165) is 5.69 Å². The smallest absolute Gasteiger partial charge is 0.307 e. The Kier molecular flexibility index (Phi) is 3.74.